The maximum absolute atomic E-state index is 12.5. The summed E-state index contributed by atoms with van der Waals surface area (Å²) in [4.78, 5) is 8.44. The summed E-state index contributed by atoms with van der Waals surface area (Å²) in [5.74, 6) is -1.79. The Labute approximate surface area is 76.6 Å². The van der Waals surface area contributed by atoms with Crippen molar-refractivity contribution in [2.45, 2.75) is 12.2 Å². The van der Waals surface area contributed by atoms with Gasteiger partial charge < -0.3 is 10.1 Å². The van der Waals surface area contributed by atoms with E-state index in [2.05, 4.69) is 15.5 Å². The minimum Gasteiger partial charge on any atom is -0.390 e. The Morgan fingerprint density at radius 2 is 1.80 bits per heavy atom. The van der Waals surface area contributed by atoms with Crippen LogP contribution in [0.5, 0.6) is 0 Å². The van der Waals surface area contributed by atoms with Crippen molar-refractivity contribution in [1.82, 2.24) is 20.2 Å². The van der Waals surface area contributed by atoms with Crippen molar-refractivity contribution < 1.29 is 26.9 Å². The van der Waals surface area contributed by atoms with Crippen LogP contribution < -0.4 is 0 Å². The molecule has 0 aliphatic carbocycles. The highest BCUT2D eigenvalue weighted by atomic mass is 19.4. The molecule has 7 nitrogen and oxygen atoms in total. The standard InChI is InChI=1S/C3F5N5O2/c4-2(5,6)3(7,8)12-1(13(14)15)9-10-11-12. The SMILES string of the molecule is O=[N+]([O-])c1nnnn1C(F)(F)C(F)(F)F. The summed E-state index contributed by atoms with van der Waals surface area (Å²) < 4.78 is 59.1. The van der Waals surface area contributed by atoms with Crippen LogP contribution in [0.2, 0.25) is 0 Å². The quantitative estimate of drug-likeness (QED) is 0.426. The van der Waals surface area contributed by atoms with Gasteiger partial charge >= 0.3 is 18.2 Å². The van der Waals surface area contributed by atoms with Crippen molar-refractivity contribution in [3.8, 4) is 0 Å². The zero-order valence-corrected chi connectivity index (χ0v) is 6.44. The van der Waals surface area contributed by atoms with Crippen molar-refractivity contribution in [3.05, 3.63) is 10.1 Å². The lowest BCUT2D eigenvalue weighted by Gasteiger charge is -2.14. The van der Waals surface area contributed by atoms with Crippen LogP contribution in [-0.2, 0) is 6.05 Å². The highest BCUT2D eigenvalue weighted by Gasteiger charge is 2.66. The monoisotopic (exact) mass is 233 g/mol. The van der Waals surface area contributed by atoms with Crippen LogP contribution in [0.3, 0.4) is 0 Å². The molecular weight excluding hydrogens is 233 g/mol. The molecule has 1 heterocycles. The van der Waals surface area contributed by atoms with Crippen molar-refractivity contribution in [3.63, 3.8) is 0 Å². The predicted molar refractivity (Wildman–Crippen MR) is 30.7 cm³/mol. The average Bonchev–Trinajstić information content (AvgIpc) is 2.48. The molecule has 1 aromatic rings. The number of rotatable bonds is 2. The Morgan fingerprint density at radius 1 is 1.27 bits per heavy atom. The summed E-state index contributed by atoms with van der Waals surface area (Å²) in [6.07, 6.45) is -6.02. The van der Waals surface area contributed by atoms with E-state index in [0.29, 0.717) is 0 Å². The van der Waals surface area contributed by atoms with Crippen molar-refractivity contribution >= 4 is 5.95 Å². The molecule has 0 unspecified atom stereocenters. The van der Waals surface area contributed by atoms with Gasteiger partial charge in [-0.1, -0.05) is 0 Å². The number of halogens is 5. The van der Waals surface area contributed by atoms with Gasteiger partial charge in [-0.2, -0.15) is 22.0 Å². The van der Waals surface area contributed by atoms with E-state index in [0.717, 1.165) is 0 Å². The Morgan fingerprint density at radius 3 is 2.20 bits per heavy atom. The second-order valence-corrected chi connectivity index (χ2v) is 2.19. The molecule has 15 heavy (non-hydrogen) atoms. The first-order valence-corrected chi connectivity index (χ1v) is 3.05. The maximum Gasteiger partial charge on any atom is 0.495 e. The van der Waals surface area contributed by atoms with E-state index in [1.165, 1.54) is 0 Å². The Bertz CT molecular complexity index is 384. The van der Waals surface area contributed by atoms with Crippen LogP contribution in [0.15, 0.2) is 0 Å². The van der Waals surface area contributed by atoms with Gasteiger partial charge in [0.15, 0.2) is 0 Å². The fourth-order valence-corrected chi connectivity index (χ4v) is 0.598. The lowest BCUT2D eigenvalue weighted by atomic mass is 10.5. The molecular formula is C3F5N5O2. The summed E-state index contributed by atoms with van der Waals surface area (Å²) in [5, 5.41) is 17.0. The molecule has 84 valence electrons. The average molecular weight is 233 g/mol. The van der Waals surface area contributed by atoms with Crippen LogP contribution in [0, 0.1) is 10.1 Å². The molecule has 0 radical (unpaired) electrons. The highest BCUT2D eigenvalue weighted by molar-refractivity contribution is 5.01. The molecule has 0 saturated heterocycles. The van der Waals surface area contributed by atoms with Gasteiger partial charge in [-0.25, -0.2) is 0 Å². The van der Waals surface area contributed by atoms with E-state index in [1.54, 1.807) is 0 Å². The van der Waals surface area contributed by atoms with E-state index in [-0.39, 0.29) is 0 Å². The number of hydrogen-bond donors (Lipinski definition) is 0. The van der Waals surface area contributed by atoms with Gasteiger partial charge in [0.1, 0.15) is 0 Å². The fourth-order valence-electron chi connectivity index (χ4n) is 0.598. The fraction of sp³-hybridized carbons (Fsp3) is 0.667. The van der Waals surface area contributed by atoms with E-state index in [1.807, 2.05) is 0 Å². The molecule has 0 N–H and O–H groups in total. The van der Waals surface area contributed by atoms with Crippen LogP contribution in [0.25, 0.3) is 0 Å². The van der Waals surface area contributed by atoms with E-state index in [9.17, 15) is 32.1 Å². The van der Waals surface area contributed by atoms with E-state index >= 15 is 0 Å². The molecule has 0 atom stereocenters. The van der Waals surface area contributed by atoms with Gasteiger partial charge in [0.05, 0.1) is 10.3 Å². The lowest BCUT2D eigenvalue weighted by molar-refractivity contribution is -0.411. The number of hydrogen-bond acceptors (Lipinski definition) is 5. The molecule has 0 amide bonds. The lowest BCUT2D eigenvalue weighted by Crippen LogP contribution is -2.40. The molecule has 0 spiro atoms. The third-order valence-electron chi connectivity index (χ3n) is 1.22. The highest BCUT2D eigenvalue weighted by Crippen LogP contribution is 2.40. The molecule has 1 aromatic heterocycles. The Balaban J connectivity index is 3.27. The summed E-state index contributed by atoms with van der Waals surface area (Å²) in [6, 6.07) is -5.53. The van der Waals surface area contributed by atoms with Gasteiger partial charge in [-0.05, 0) is 9.61 Å². The van der Waals surface area contributed by atoms with E-state index < -0.39 is 27.8 Å². The number of nitrogens with zero attached hydrogens (tertiary/aromatic N) is 5. The topological polar surface area (TPSA) is 86.7 Å². The first-order valence-electron chi connectivity index (χ1n) is 3.05. The largest absolute Gasteiger partial charge is 0.495 e. The smallest absolute Gasteiger partial charge is 0.390 e. The molecule has 0 fully saturated rings. The maximum atomic E-state index is 12.5. The van der Waals surface area contributed by atoms with Crippen molar-refractivity contribution in [2.75, 3.05) is 0 Å². The van der Waals surface area contributed by atoms with Gasteiger partial charge in [0.2, 0.25) is 0 Å². The van der Waals surface area contributed by atoms with Gasteiger partial charge in [0, 0.05) is 5.21 Å². The van der Waals surface area contributed by atoms with E-state index in [4.69, 9.17) is 0 Å². The molecule has 0 bridgehead atoms. The van der Waals surface area contributed by atoms with Gasteiger partial charge in [-0.15, -0.1) is 0 Å². The predicted octanol–water partition coefficient (Wildman–Crippen LogP) is 0.693. The summed E-state index contributed by atoms with van der Waals surface area (Å²) in [5.41, 5.74) is 0. The Kier molecular flexibility index (Phi) is 2.29. The molecule has 0 saturated carbocycles. The first kappa shape index (κ1) is 11.2. The second kappa shape index (κ2) is 3.06. The Hall–Kier alpha value is -1.88. The zero-order chi connectivity index (χ0) is 11.9. The van der Waals surface area contributed by atoms with Gasteiger partial charge in [0.25, 0.3) is 0 Å². The van der Waals surface area contributed by atoms with Crippen LogP contribution in [0.4, 0.5) is 27.9 Å². The minimum absolute atomic E-state index is 1.20. The second-order valence-electron chi connectivity index (χ2n) is 2.19. The summed E-state index contributed by atoms with van der Waals surface area (Å²) in [6.45, 7) is 0. The minimum atomic E-state index is -6.02. The molecule has 0 aliphatic rings. The van der Waals surface area contributed by atoms with Crippen LogP contribution >= 0.6 is 0 Å². The third-order valence-corrected chi connectivity index (χ3v) is 1.22. The molecule has 12 heteroatoms. The number of tetrazole rings is 1. The van der Waals surface area contributed by atoms with Crippen LogP contribution in [0.1, 0.15) is 0 Å². The normalized spacial score (nSPS) is 12.9. The first-order chi connectivity index (χ1) is 6.68. The van der Waals surface area contributed by atoms with Crippen LogP contribution in [-0.4, -0.2) is 31.3 Å². The number of nitro groups is 1. The van der Waals surface area contributed by atoms with Crippen molar-refractivity contribution in [2.24, 2.45) is 0 Å². The molecule has 0 aromatic carbocycles. The number of aromatic nitrogens is 4. The third kappa shape index (κ3) is 1.69. The van der Waals surface area contributed by atoms with Crippen molar-refractivity contribution in [1.29, 1.82) is 0 Å². The molecule has 1 rings (SSSR count). The zero-order valence-electron chi connectivity index (χ0n) is 6.44. The van der Waals surface area contributed by atoms with Gasteiger partial charge in [-0.3, -0.25) is 0 Å². The summed E-state index contributed by atoms with van der Waals surface area (Å²) >= 11 is 0. The summed E-state index contributed by atoms with van der Waals surface area (Å²) in [7, 11) is 0. The number of alkyl halides is 5. The molecule has 0 aliphatic heterocycles.